The van der Waals surface area contributed by atoms with Crippen molar-refractivity contribution in [1.82, 2.24) is 0 Å². The van der Waals surface area contributed by atoms with E-state index in [9.17, 15) is 8.42 Å². The van der Waals surface area contributed by atoms with Crippen LogP contribution < -0.4 is 5.32 Å². The van der Waals surface area contributed by atoms with Crippen molar-refractivity contribution in [2.75, 3.05) is 25.3 Å². The average molecular weight is 271 g/mol. The van der Waals surface area contributed by atoms with E-state index in [2.05, 4.69) is 12.2 Å². The number of benzene rings is 1. The molecule has 0 spiro atoms. The van der Waals surface area contributed by atoms with Crippen LogP contribution in [0.2, 0.25) is 0 Å². The zero-order chi connectivity index (χ0) is 13.8. The van der Waals surface area contributed by atoms with Gasteiger partial charge in [0, 0.05) is 25.1 Å². The standard InChI is InChI=1S/C13H21NO3S/c1-5-11(9-17-3)14-12-7-6-10(2)13(8-12)18(4,15)16/h6-8,11,14H,5,9H2,1-4H3/t11-/m0/s1. The number of rotatable bonds is 6. The van der Waals surface area contributed by atoms with Crippen molar-refractivity contribution in [3.05, 3.63) is 23.8 Å². The Hall–Kier alpha value is -1.07. The molecule has 0 heterocycles. The molecule has 4 nitrogen and oxygen atoms in total. The fourth-order valence-electron chi connectivity index (χ4n) is 1.79. The monoisotopic (exact) mass is 271 g/mol. The average Bonchev–Trinajstić information content (AvgIpc) is 2.29. The molecule has 1 atom stereocenters. The molecule has 0 unspecified atom stereocenters. The highest BCUT2D eigenvalue weighted by atomic mass is 32.2. The molecule has 0 fully saturated rings. The highest BCUT2D eigenvalue weighted by Gasteiger charge is 2.13. The molecule has 5 heteroatoms. The summed E-state index contributed by atoms with van der Waals surface area (Å²) in [6.07, 6.45) is 2.14. The van der Waals surface area contributed by atoms with Crippen LogP contribution in [0, 0.1) is 6.92 Å². The summed E-state index contributed by atoms with van der Waals surface area (Å²) < 4.78 is 28.4. The number of methoxy groups -OCH3 is 1. The summed E-state index contributed by atoms with van der Waals surface area (Å²) in [7, 11) is -1.53. The van der Waals surface area contributed by atoms with Crippen molar-refractivity contribution in [1.29, 1.82) is 0 Å². The lowest BCUT2D eigenvalue weighted by Gasteiger charge is -2.18. The van der Waals surface area contributed by atoms with Gasteiger partial charge < -0.3 is 10.1 Å². The maximum atomic E-state index is 11.6. The van der Waals surface area contributed by atoms with Crippen molar-refractivity contribution in [2.24, 2.45) is 0 Å². The SMILES string of the molecule is CC[C@@H](COC)Nc1ccc(C)c(S(C)(=O)=O)c1. The van der Waals surface area contributed by atoms with E-state index in [-0.39, 0.29) is 6.04 Å². The third kappa shape index (κ3) is 3.99. The van der Waals surface area contributed by atoms with Crippen molar-refractivity contribution < 1.29 is 13.2 Å². The quantitative estimate of drug-likeness (QED) is 0.862. The summed E-state index contributed by atoms with van der Waals surface area (Å²) in [6, 6.07) is 5.58. The molecule has 1 rings (SSSR count). The van der Waals surface area contributed by atoms with E-state index >= 15 is 0 Å². The van der Waals surface area contributed by atoms with Gasteiger partial charge >= 0.3 is 0 Å². The molecule has 1 aromatic carbocycles. The van der Waals surface area contributed by atoms with Crippen molar-refractivity contribution >= 4 is 15.5 Å². The van der Waals surface area contributed by atoms with E-state index in [1.807, 2.05) is 12.1 Å². The Bertz CT molecular complexity index is 497. The number of aryl methyl sites for hydroxylation is 1. The van der Waals surface area contributed by atoms with Crippen molar-refractivity contribution in [2.45, 2.75) is 31.2 Å². The van der Waals surface area contributed by atoms with Gasteiger partial charge in [-0.2, -0.15) is 0 Å². The second-order valence-corrected chi connectivity index (χ2v) is 6.44. The molecule has 0 radical (unpaired) electrons. The van der Waals surface area contributed by atoms with Crippen LogP contribution in [0.25, 0.3) is 0 Å². The van der Waals surface area contributed by atoms with E-state index in [1.54, 1.807) is 20.1 Å². The first-order valence-corrected chi connectivity index (χ1v) is 7.83. The Morgan fingerprint density at radius 1 is 1.39 bits per heavy atom. The van der Waals surface area contributed by atoms with Gasteiger partial charge in [-0.1, -0.05) is 13.0 Å². The Kier molecular flexibility index (Phi) is 5.16. The molecule has 0 aromatic heterocycles. The van der Waals surface area contributed by atoms with E-state index in [0.717, 1.165) is 17.7 Å². The molecule has 0 aliphatic rings. The van der Waals surface area contributed by atoms with E-state index in [0.29, 0.717) is 11.5 Å². The highest BCUT2D eigenvalue weighted by Crippen LogP contribution is 2.21. The number of anilines is 1. The number of hydrogen-bond donors (Lipinski definition) is 1. The molecule has 0 aliphatic heterocycles. The van der Waals surface area contributed by atoms with Gasteiger partial charge in [0.2, 0.25) is 0 Å². The smallest absolute Gasteiger partial charge is 0.175 e. The Morgan fingerprint density at radius 3 is 2.56 bits per heavy atom. The largest absolute Gasteiger partial charge is 0.383 e. The van der Waals surface area contributed by atoms with E-state index in [4.69, 9.17) is 4.74 Å². The summed E-state index contributed by atoms with van der Waals surface area (Å²) in [5.41, 5.74) is 1.58. The van der Waals surface area contributed by atoms with Gasteiger partial charge in [-0.15, -0.1) is 0 Å². The van der Waals surface area contributed by atoms with Gasteiger partial charge in [0.15, 0.2) is 9.84 Å². The van der Waals surface area contributed by atoms with Crippen LogP contribution in [-0.4, -0.2) is 34.4 Å². The summed E-state index contributed by atoms with van der Waals surface area (Å²) in [5, 5.41) is 3.28. The van der Waals surface area contributed by atoms with Gasteiger partial charge in [0.25, 0.3) is 0 Å². The van der Waals surface area contributed by atoms with E-state index < -0.39 is 9.84 Å². The van der Waals surface area contributed by atoms with Gasteiger partial charge in [0.05, 0.1) is 11.5 Å². The number of hydrogen-bond acceptors (Lipinski definition) is 4. The van der Waals surface area contributed by atoms with Crippen LogP contribution in [-0.2, 0) is 14.6 Å². The lowest BCUT2D eigenvalue weighted by molar-refractivity contribution is 0.184. The molecule has 102 valence electrons. The first kappa shape index (κ1) is 15.0. The van der Waals surface area contributed by atoms with Crippen LogP contribution in [0.15, 0.2) is 23.1 Å². The second kappa shape index (κ2) is 6.20. The zero-order valence-electron chi connectivity index (χ0n) is 11.4. The minimum atomic E-state index is -3.18. The molecule has 18 heavy (non-hydrogen) atoms. The molecule has 0 bridgehead atoms. The molecule has 1 aromatic rings. The predicted octanol–water partition coefficient (Wildman–Crippen LogP) is 2.24. The lowest BCUT2D eigenvalue weighted by Crippen LogP contribution is -2.24. The van der Waals surface area contributed by atoms with Crippen LogP contribution in [0.4, 0.5) is 5.69 Å². The van der Waals surface area contributed by atoms with Gasteiger partial charge in [-0.05, 0) is 31.0 Å². The number of nitrogens with one attached hydrogen (secondary N) is 1. The summed E-state index contributed by atoms with van der Waals surface area (Å²) >= 11 is 0. The highest BCUT2D eigenvalue weighted by molar-refractivity contribution is 7.90. The fourth-order valence-corrected chi connectivity index (χ4v) is 2.78. The third-order valence-corrected chi connectivity index (χ3v) is 4.06. The maximum absolute atomic E-state index is 11.6. The minimum absolute atomic E-state index is 0.185. The predicted molar refractivity (Wildman–Crippen MR) is 73.9 cm³/mol. The molecule has 1 N–H and O–H groups in total. The fraction of sp³-hybridized carbons (Fsp3) is 0.538. The minimum Gasteiger partial charge on any atom is -0.383 e. The lowest BCUT2D eigenvalue weighted by atomic mass is 10.2. The number of ether oxygens (including phenoxy) is 1. The molecule has 0 amide bonds. The Labute approximate surface area is 109 Å². The topological polar surface area (TPSA) is 55.4 Å². The van der Waals surface area contributed by atoms with E-state index in [1.165, 1.54) is 6.26 Å². The maximum Gasteiger partial charge on any atom is 0.175 e. The van der Waals surface area contributed by atoms with Gasteiger partial charge in [-0.25, -0.2) is 8.42 Å². The Balaban J connectivity index is 2.98. The van der Waals surface area contributed by atoms with Gasteiger partial charge in [0.1, 0.15) is 0 Å². The molecule has 0 saturated carbocycles. The summed E-state index contributed by atoms with van der Waals surface area (Å²) in [6.45, 7) is 4.45. The van der Waals surface area contributed by atoms with Gasteiger partial charge in [-0.3, -0.25) is 0 Å². The second-order valence-electron chi connectivity index (χ2n) is 4.46. The van der Waals surface area contributed by atoms with Crippen LogP contribution in [0.5, 0.6) is 0 Å². The van der Waals surface area contributed by atoms with Crippen molar-refractivity contribution in [3.63, 3.8) is 0 Å². The van der Waals surface area contributed by atoms with Crippen LogP contribution in [0.1, 0.15) is 18.9 Å². The zero-order valence-corrected chi connectivity index (χ0v) is 12.2. The molecular formula is C13H21NO3S. The molecule has 0 saturated heterocycles. The normalized spacial score (nSPS) is 13.3. The Morgan fingerprint density at radius 2 is 2.06 bits per heavy atom. The van der Waals surface area contributed by atoms with Crippen LogP contribution in [0.3, 0.4) is 0 Å². The molecule has 0 aliphatic carbocycles. The third-order valence-electron chi connectivity index (χ3n) is 2.82. The molecular weight excluding hydrogens is 250 g/mol. The summed E-state index contributed by atoms with van der Waals surface area (Å²) in [4.78, 5) is 0.375. The summed E-state index contributed by atoms with van der Waals surface area (Å²) in [5.74, 6) is 0. The first-order valence-electron chi connectivity index (χ1n) is 5.94. The van der Waals surface area contributed by atoms with Crippen LogP contribution >= 0.6 is 0 Å². The van der Waals surface area contributed by atoms with Crippen molar-refractivity contribution in [3.8, 4) is 0 Å². The number of sulfone groups is 1. The first-order chi connectivity index (χ1) is 8.38.